The van der Waals surface area contributed by atoms with E-state index in [4.69, 9.17) is 0 Å². The molecule has 2 N–H and O–H groups in total. The maximum Gasteiger partial charge on any atom is 0.134 e. The lowest BCUT2D eigenvalue weighted by Gasteiger charge is -2.12. The minimum atomic E-state index is 0.844. The number of nitrogens with zero attached hydrogens (tertiary/aromatic N) is 3. The second kappa shape index (κ2) is 6.68. The van der Waals surface area contributed by atoms with Gasteiger partial charge in [0.1, 0.15) is 18.0 Å². The van der Waals surface area contributed by atoms with E-state index in [1.165, 1.54) is 5.56 Å². The highest BCUT2D eigenvalue weighted by atomic mass is 15.1. The number of anilines is 2. The first-order chi connectivity index (χ1) is 9.35. The first-order valence-electron chi connectivity index (χ1n) is 6.49. The topological polar surface area (TPSA) is 62.7 Å². The molecule has 0 bridgehead atoms. The lowest BCUT2D eigenvalue weighted by molar-refractivity contribution is 0.971. The van der Waals surface area contributed by atoms with Crippen molar-refractivity contribution in [3.05, 3.63) is 42.0 Å². The third-order valence-electron chi connectivity index (χ3n) is 2.99. The molecule has 2 aromatic heterocycles. The van der Waals surface area contributed by atoms with Crippen molar-refractivity contribution < 1.29 is 0 Å². The molecule has 19 heavy (non-hydrogen) atoms. The van der Waals surface area contributed by atoms with Gasteiger partial charge in [-0.2, -0.15) is 0 Å². The van der Waals surface area contributed by atoms with Crippen LogP contribution < -0.4 is 10.6 Å². The van der Waals surface area contributed by atoms with E-state index in [2.05, 4.69) is 32.5 Å². The van der Waals surface area contributed by atoms with Crippen LogP contribution in [-0.2, 0) is 12.8 Å². The molecule has 0 aliphatic carbocycles. The summed E-state index contributed by atoms with van der Waals surface area (Å²) in [6.07, 6.45) is 7.06. The monoisotopic (exact) mass is 257 g/mol. The van der Waals surface area contributed by atoms with Gasteiger partial charge in [0.2, 0.25) is 0 Å². The van der Waals surface area contributed by atoms with Gasteiger partial charge >= 0.3 is 0 Å². The summed E-state index contributed by atoms with van der Waals surface area (Å²) in [4.78, 5) is 12.6. The van der Waals surface area contributed by atoms with Crippen molar-refractivity contribution in [1.82, 2.24) is 15.0 Å². The second-order valence-corrected chi connectivity index (χ2v) is 4.19. The fourth-order valence-corrected chi connectivity index (χ4v) is 1.99. The fourth-order valence-electron chi connectivity index (χ4n) is 1.99. The van der Waals surface area contributed by atoms with Crippen LogP contribution in [0.4, 0.5) is 11.6 Å². The summed E-state index contributed by atoms with van der Waals surface area (Å²) >= 11 is 0. The number of hydrogen-bond acceptors (Lipinski definition) is 5. The molecule has 5 heteroatoms. The zero-order valence-electron chi connectivity index (χ0n) is 11.3. The van der Waals surface area contributed by atoms with Crippen LogP contribution in [0.3, 0.4) is 0 Å². The molecule has 0 saturated carbocycles. The lowest BCUT2D eigenvalue weighted by atomic mass is 10.2. The van der Waals surface area contributed by atoms with Crippen LogP contribution >= 0.6 is 0 Å². The van der Waals surface area contributed by atoms with Gasteiger partial charge in [0, 0.05) is 31.5 Å². The summed E-state index contributed by atoms with van der Waals surface area (Å²) < 4.78 is 0. The standard InChI is InChI=1S/C14H19N5/c1-3-12-13(15-2)18-10-19-14(12)17-9-6-11-4-7-16-8-5-11/h4-5,7-8,10H,3,6,9H2,1-2H3,(H2,15,17,18,19). The molecule has 2 heterocycles. The molecule has 0 amide bonds. The van der Waals surface area contributed by atoms with Gasteiger partial charge in [-0.25, -0.2) is 9.97 Å². The van der Waals surface area contributed by atoms with Gasteiger partial charge in [0.25, 0.3) is 0 Å². The van der Waals surface area contributed by atoms with E-state index in [1.807, 2.05) is 31.6 Å². The molecule has 0 radical (unpaired) electrons. The van der Waals surface area contributed by atoms with E-state index in [9.17, 15) is 0 Å². The Morgan fingerprint density at radius 3 is 2.53 bits per heavy atom. The molecule has 0 saturated heterocycles. The normalized spacial score (nSPS) is 10.2. The molecule has 2 rings (SSSR count). The van der Waals surface area contributed by atoms with Gasteiger partial charge in [-0.3, -0.25) is 4.98 Å². The third-order valence-corrected chi connectivity index (χ3v) is 2.99. The van der Waals surface area contributed by atoms with Gasteiger partial charge < -0.3 is 10.6 Å². The van der Waals surface area contributed by atoms with Crippen molar-refractivity contribution in [2.75, 3.05) is 24.2 Å². The Hall–Kier alpha value is -2.17. The van der Waals surface area contributed by atoms with Crippen molar-refractivity contribution in [1.29, 1.82) is 0 Å². The smallest absolute Gasteiger partial charge is 0.134 e. The molecule has 5 nitrogen and oxygen atoms in total. The molecule has 0 aliphatic heterocycles. The first kappa shape index (κ1) is 13.3. The van der Waals surface area contributed by atoms with E-state index in [-0.39, 0.29) is 0 Å². The number of rotatable bonds is 6. The molecule has 0 aliphatic rings. The highest BCUT2D eigenvalue weighted by Gasteiger charge is 2.07. The van der Waals surface area contributed by atoms with Crippen LogP contribution in [0.2, 0.25) is 0 Å². The Bertz CT molecular complexity index is 512. The Labute approximate surface area is 113 Å². The number of pyridine rings is 1. The molecular weight excluding hydrogens is 238 g/mol. The first-order valence-corrected chi connectivity index (χ1v) is 6.49. The van der Waals surface area contributed by atoms with E-state index in [0.717, 1.165) is 36.6 Å². The zero-order chi connectivity index (χ0) is 13.5. The number of hydrogen-bond donors (Lipinski definition) is 2. The quantitative estimate of drug-likeness (QED) is 0.830. The SMILES string of the molecule is CCc1c(NC)ncnc1NCCc1ccncc1. The van der Waals surface area contributed by atoms with Gasteiger partial charge in [-0.1, -0.05) is 6.92 Å². The summed E-state index contributed by atoms with van der Waals surface area (Å²) in [5.41, 5.74) is 2.39. The summed E-state index contributed by atoms with van der Waals surface area (Å²) in [5.74, 6) is 1.81. The fraction of sp³-hybridized carbons (Fsp3) is 0.357. The summed E-state index contributed by atoms with van der Waals surface area (Å²) in [7, 11) is 1.88. The molecule has 0 spiro atoms. The van der Waals surface area contributed by atoms with Crippen molar-refractivity contribution in [2.45, 2.75) is 19.8 Å². The highest BCUT2D eigenvalue weighted by Crippen LogP contribution is 2.19. The third kappa shape index (κ3) is 3.40. The maximum absolute atomic E-state index is 4.31. The van der Waals surface area contributed by atoms with Gasteiger partial charge in [0.15, 0.2) is 0 Å². The van der Waals surface area contributed by atoms with Crippen molar-refractivity contribution in [3.8, 4) is 0 Å². The van der Waals surface area contributed by atoms with Crippen LogP contribution in [-0.4, -0.2) is 28.5 Å². The predicted molar refractivity (Wildman–Crippen MR) is 77.4 cm³/mol. The Balaban J connectivity index is 2.00. The van der Waals surface area contributed by atoms with Crippen molar-refractivity contribution in [2.24, 2.45) is 0 Å². The van der Waals surface area contributed by atoms with Crippen molar-refractivity contribution >= 4 is 11.6 Å². The predicted octanol–water partition coefficient (Wildman–Crippen LogP) is 2.13. The molecule has 0 aromatic carbocycles. The lowest BCUT2D eigenvalue weighted by Crippen LogP contribution is -2.10. The molecule has 0 unspecified atom stereocenters. The molecular formula is C14H19N5. The van der Waals surface area contributed by atoms with E-state index in [0.29, 0.717) is 0 Å². The molecule has 2 aromatic rings. The zero-order valence-corrected chi connectivity index (χ0v) is 11.3. The Kier molecular flexibility index (Phi) is 4.66. The minimum Gasteiger partial charge on any atom is -0.373 e. The van der Waals surface area contributed by atoms with E-state index >= 15 is 0 Å². The van der Waals surface area contributed by atoms with Gasteiger partial charge in [-0.15, -0.1) is 0 Å². The van der Waals surface area contributed by atoms with Crippen LogP contribution in [0.25, 0.3) is 0 Å². The van der Waals surface area contributed by atoms with E-state index < -0.39 is 0 Å². The summed E-state index contributed by atoms with van der Waals surface area (Å²) in [6, 6.07) is 4.06. The average Bonchev–Trinajstić information content (AvgIpc) is 2.48. The van der Waals surface area contributed by atoms with Crippen LogP contribution in [0.1, 0.15) is 18.1 Å². The second-order valence-electron chi connectivity index (χ2n) is 4.19. The molecule has 0 fully saturated rings. The van der Waals surface area contributed by atoms with Gasteiger partial charge in [-0.05, 0) is 30.5 Å². The number of aromatic nitrogens is 3. The average molecular weight is 257 g/mol. The maximum atomic E-state index is 4.31. The minimum absolute atomic E-state index is 0.844. The highest BCUT2D eigenvalue weighted by molar-refractivity contribution is 5.57. The summed E-state index contributed by atoms with van der Waals surface area (Å²) in [6.45, 7) is 2.95. The Morgan fingerprint density at radius 2 is 1.84 bits per heavy atom. The Morgan fingerprint density at radius 1 is 1.11 bits per heavy atom. The molecule has 100 valence electrons. The van der Waals surface area contributed by atoms with Crippen LogP contribution in [0.15, 0.2) is 30.9 Å². The van der Waals surface area contributed by atoms with Crippen molar-refractivity contribution in [3.63, 3.8) is 0 Å². The van der Waals surface area contributed by atoms with Gasteiger partial charge in [0.05, 0.1) is 0 Å². The van der Waals surface area contributed by atoms with Crippen LogP contribution in [0, 0.1) is 0 Å². The molecule has 0 atom stereocenters. The summed E-state index contributed by atoms with van der Waals surface area (Å²) in [5, 5.41) is 6.47. The van der Waals surface area contributed by atoms with E-state index in [1.54, 1.807) is 6.33 Å². The van der Waals surface area contributed by atoms with Crippen LogP contribution in [0.5, 0.6) is 0 Å². The largest absolute Gasteiger partial charge is 0.373 e. The number of nitrogens with one attached hydrogen (secondary N) is 2.